The molecule has 0 aliphatic carbocycles. The number of aromatic nitrogens is 5. The van der Waals surface area contributed by atoms with Crippen molar-refractivity contribution in [3.8, 4) is 5.75 Å². The Morgan fingerprint density at radius 3 is 2.64 bits per heavy atom. The minimum absolute atomic E-state index is 0.547. The SMILES string of the molecule is Cc1ccc(On2nnc3cnc(SCc4ccccc4)nc32)cc1. The predicted molar refractivity (Wildman–Crippen MR) is 96.3 cm³/mol. The van der Waals surface area contributed by atoms with Crippen molar-refractivity contribution in [1.82, 2.24) is 25.1 Å². The maximum Gasteiger partial charge on any atom is 0.224 e. The van der Waals surface area contributed by atoms with Crippen LogP contribution in [0.15, 0.2) is 66.0 Å². The molecule has 25 heavy (non-hydrogen) atoms. The minimum Gasteiger partial charge on any atom is -0.354 e. The molecule has 0 saturated carbocycles. The summed E-state index contributed by atoms with van der Waals surface area (Å²) >= 11 is 1.56. The molecule has 0 fully saturated rings. The zero-order valence-electron chi connectivity index (χ0n) is 13.5. The average molecular weight is 349 g/mol. The monoisotopic (exact) mass is 349 g/mol. The Labute approximate surface area is 148 Å². The van der Waals surface area contributed by atoms with E-state index in [4.69, 9.17) is 4.84 Å². The topological polar surface area (TPSA) is 65.7 Å². The van der Waals surface area contributed by atoms with E-state index >= 15 is 0 Å². The summed E-state index contributed by atoms with van der Waals surface area (Å²) in [6.07, 6.45) is 1.66. The summed E-state index contributed by atoms with van der Waals surface area (Å²) in [6, 6.07) is 17.9. The van der Waals surface area contributed by atoms with Crippen LogP contribution in [-0.2, 0) is 5.75 Å². The van der Waals surface area contributed by atoms with Gasteiger partial charge < -0.3 is 4.84 Å². The number of thioether (sulfide) groups is 1. The number of hydrogen-bond donors (Lipinski definition) is 0. The van der Waals surface area contributed by atoms with Crippen molar-refractivity contribution in [2.24, 2.45) is 0 Å². The molecular formula is C18H15N5OS. The fourth-order valence-corrected chi connectivity index (χ4v) is 3.01. The summed E-state index contributed by atoms with van der Waals surface area (Å²) in [5.74, 6) is 1.47. The Bertz CT molecular complexity index is 985. The second kappa shape index (κ2) is 6.90. The molecule has 0 aliphatic rings. The van der Waals surface area contributed by atoms with Gasteiger partial charge in [0, 0.05) is 5.75 Å². The van der Waals surface area contributed by atoms with Crippen LogP contribution in [0.1, 0.15) is 11.1 Å². The van der Waals surface area contributed by atoms with Crippen LogP contribution in [0.2, 0.25) is 0 Å². The van der Waals surface area contributed by atoms with Crippen LogP contribution in [0.3, 0.4) is 0 Å². The van der Waals surface area contributed by atoms with E-state index in [9.17, 15) is 0 Å². The van der Waals surface area contributed by atoms with E-state index < -0.39 is 0 Å². The molecule has 2 heterocycles. The Balaban J connectivity index is 1.55. The molecule has 6 nitrogen and oxygen atoms in total. The Morgan fingerprint density at radius 2 is 1.84 bits per heavy atom. The van der Waals surface area contributed by atoms with Gasteiger partial charge in [0.05, 0.1) is 6.20 Å². The standard InChI is InChI=1S/C18H15N5OS/c1-13-7-9-15(10-8-13)24-23-17-16(21-22-23)11-19-18(20-17)25-12-14-5-3-2-4-6-14/h2-11H,12H2,1H3. The smallest absolute Gasteiger partial charge is 0.224 e. The second-order valence-electron chi connectivity index (χ2n) is 5.50. The molecule has 0 bridgehead atoms. The van der Waals surface area contributed by atoms with E-state index in [-0.39, 0.29) is 0 Å². The van der Waals surface area contributed by atoms with Crippen LogP contribution < -0.4 is 4.84 Å². The van der Waals surface area contributed by atoms with Crippen LogP contribution in [-0.4, -0.2) is 25.1 Å². The summed E-state index contributed by atoms with van der Waals surface area (Å²) in [5.41, 5.74) is 3.53. The summed E-state index contributed by atoms with van der Waals surface area (Å²) in [5, 5.41) is 8.71. The molecule has 0 spiro atoms. The molecular weight excluding hydrogens is 334 g/mol. The minimum atomic E-state index is 0.547. The van der Waals surface area contributed by atoms with Gasteiger partial charge in [-0.3, -0.25) is 0 Å². The quantitative estimate of drug-likeness (QED) is 0.405. The first-order chi connectivity index (χ1) is 12.3. The predicted octanol–water partition coefficient (Wildman–Crippen LogP) is 3.66. The Morgan fingerprint density at radius 1 is 1.04 bits per heavy atom. The average Bonchev–Trinajstić information content (AvgIpc) is 3.05. The second-order valence-corrected chi connectivity index (χ2v) is 6.44. The summed E-state index contributed by atoms with van der Waals surface area (Å²) < 4.78 is 0. The zero-order chi connectivity index (χ0) is 17.1. The first-order valence-electron chi connectivity index (χ1n) is 7.78. The van der Waals surface area contributed by atoms with Gasteiger partial charge in [-0.25, -0.2) is 4.98 Å². The lowest BCUT2D eigenvalue weighted by Gasteiger charge is -2.05. The number of benzene rings is 2. The van der Waals surface area contributed by atoms with Crippen molar-refractivity contribution in [2.75, 3.05) is 0 Å². The van der Waals surface area contributed by atoms with E-state index in [1.807, 2.05) is 49.4 Å². The van der Waals surface area contributed by atoms with Gasteiger partial charge in [0.15, 0.2) is 16.4 Å². The molecule has 7 heteroatoms. The van der Waals surface area contributed by atoms with Crippen LogP contribution >= 0.6 is 11.8 Å². The fourth-order valence-electron chi connectivity index (χ4n) is 2.25. The number of nitrogens with zero attached hydrogens (tertiary/aromatic N) is 5. The number of fused-ring (bicyclic) bond motifs is 1. The van der Waals surface area contributed by atoms with Gasteiger partial charge in [0.2, 0.25) is 5.65 Å². The van der Waals surface area contributed by atoms with Crippen molar-refractivity contribution < 1.29 is 4.84 Å². The highest BCUT2D eigenvalue weighted by Crippen LogP contribution is 2.21. The normalized spacial score (nSPS) is 10.9. The molecule has 2 aromatic heterocycles. The van der Waals surface area contributed by atoms with Crippen LogP contribution in [0.4, 0.5) is 0 Å². The van der Waals surface area contributed by atoms with Gasteiger partial charge in [-0.2, -0.15) is 4.98 Å². The van der Waals surface area contributed by atoms with Crippen LogP contribution in [0, 0.1) is 6.92 Å². The molecule has 4 rings (SSSR count). The lowest BCUT2D eigenvalue weighted by Crippen LogP contribution is -2.08. The maximum absolute atomic E-state index is 5.75. The molecule has 0 amide bonds. The highest BCUT2D eigenvalue weighted by atomic mass is 32.2. The molecule has 2 aromatic carbocycles. The van der Waals surface area contributed by atoms with Crippen molar-refractivity contribution in [3.63, 3.8) is 0 Å². The van der Waals surface area contributed by atoms with Gasteiger partial charge in [-0.05, 0) is 29.8 Å². The summed E-state index contributed by atoms with van der Waals surface area (Å²) in [4.78, 5) is 15.9. The number of rotatable bonds is 5. The zero-order valence-corrected chi connectivity index (χ0v) is 14.3. The Hall–Kier alpha value is -2.93. The molecule has 0 aliphatic heterocycles. The third-order valence-electron chi connectivity index (χ3n) is 3.57. The van der Waals surface area contributed by atoms with Crippen molar-refractivity contribution in [1.29, 1.82) is 0 Å². The lowest BCUT2D eigenvalue weighted by molar-refractivity contribution is 0.182. The Kier molecular flexibility index (Phi) is 4.30. The van der Waals surface area contributed by atoms with E-state index in [2.05, 4.69) is 32.4 Å². The van der Waals surface area contributed by atoms with Crippen molar-refractivity contribution in [2.45, 2.75) is 17.8 Å². The van der Waals surface area contributed by atoms with E-state index in [1.54, 1.807) is 18.0 Å². The van der Waals surface area contributed by atoms with Crippen LogP contribution in [0.25, 0.3) is 11.2 Å². The molecule has 0 atom stereocenters. The fraction of sp³-hybridized carbons (Fsp3) is 0.111. The first kappa shape index (κ1) is 15.6. The van der Waals surface area contributed by atoms with Crippen molar-refractivity contribution in [3.05, 3.63) is 71.9 Å². The van der Waals surface area contributed by atoms with E-state index in [0.717, 1.165) is 11.3 Å². The summed E-state index contributed by atoms with van der Waals surface area (Å²) in [7, 11) is 0. The summed E-state index contributed by atoms with van der Waals surface area (Å²) in [6.45, 7) is 2.03. The van der Waals surface area contributed by atoms with E-state index in [0.29, 0.717) is 22.1 Å². The molecule has 0 unspecified atom stereocenters. The number of aryl methyl sites for hydroxylation is 1. The largest absolute Gasteiger partial charge is 0.354 e. The molecule has 0 N–H and O–H groups in total. The molecule has 4 aromatic rings. The maximum atomic E-state index is 5.75. The van der Waals surface area contributed by atoms with Crippen molar-refractivity contribution >= 4 is 22.9 Å². The van der Waals surface area contributed by atoms with E-state index in [1.165, 1.54) is 10.4 Å². The molecule has 0 saturated heterocycles. The van der Waals surface area contributed by atoms with Crippen LogP contribution in [0.5, 0.6) is 5.75 Å². The lowest BCUT2D eigenvalue weighted by atomic mass is 10.2. The van der Waals surface area contributed by atoms with Gasteiger partial charge in [-0.1, -0.05) is 64.6 Å². The first-order valence-corrected chi connectivity index (χ1v) is 8.77. The third-order valence-corrected chi connectivity index (χ3v) is 4.50. The highest BCUT2D eigenvalue weighted by Gasteiger charge is 2.10. The van der Waals surface area contributed by atoms with Gasteiger partial charge in [0.25, 0.3) is 0 Å². The molecule has 124 valence electrons. The van der Waals surface area contributed by atoms with Gasteiger partial charge in [0.1, 0.15) is 0 Å². The number of hydrogen-bond acceptors (Lipinski definition) is 6. The highest BCUT2D eigenvalue weighted by molar-refractivity contribution is 7.98. The van der Waals surface area contributed by atoms with Gasteiger partial charge in [-0.15, -0.1) is 5.10 Å². The van der Waals surface area contributed by atoms with Gasteiger partial charge >= 0.3 is 0 Å². The molecule has 0 radical (unpaired) electrons. The third kappa shape index (κ3) is 3.61.